The van der Waals surface area contributed by atoms with E-state index in [1.807, 2.05) is 0 Å². The van der Waals surface area contributed by atoms with Gasteiger partial charge in [-0.2, -0.15) is 0 Å². The van der Waals surface area contributed by atoms with Crippen molar-refractivity contribution in [3.05, 3.63) is 35.9 Å². The molecule has 0 radical (unpaired) electrons. The Labute approximate surface area is 263 Å². The average Bonchev–Trinajstić information content (AvgIpc) is 3.49. The van der Waals surface area contributed by atoms with Crippen LogP contribution in [0, 0.1) is 52.3 Å². The van der Waals surface area contributed by atoms with Crippen LogP contribution in [-0.4, -0.2) is 55.9 Å². The van der Waals surface area contributed by atoms with Gasteiger partial charge in [-0.3, -0.25) is 0 Å². The minimum Gasteiger partial charge on any atom is -0.374 e. The van der Waals surface area contributed by atoms with Crippen molar-refractivity contribution in [1.29, 1.82) is 0 Å². The van der Waals surface area contributed by atoms with Gasteiger partial charge in [0.2, 0.25) is 0 Å². The van der Waals surface area contributed by atoms with Gasteiger partial charge >= 0.3 is 0 Å². The molecule has 13 atom stereocenters. The molecule has 0 amide bonds. The summed E-state index contributed by atoms with van der Waals surface area (Å²) in [4.78, 5) is 2.57. The number of likely N-dealkylation sites (N-methyl/N-ethyl adjacent to an activating group) is 1. The molecular formula is C39H62N2O2. The SMILES string of the molecule is C[C@@H](CC[C@H]1O[C@H]2C[C@H]3[C@@H]4CC[C@@H]5C[C@@H](OCc6ccccc6)CC[C@]5(C)[C@H]4CC[C@]3(C)[C@H]2[C@@H]1C)CC1CNCCN1C. The largest absolute Gasteiger partial charge is 0.374 e. The maximum atomic E-state index is 7.07. The average molecular weight is 591 g/mol. The minimum absolute atomic E-state index is 0.448. The summed E-state index contributed by atoms with van der Waals surface area (Å²) in [6.45, 7) is 14.8. The first kappa shape index (κ1) is 30.7. The third-order valence-corrected chi connectivity index (χ3v) is 14.8. The smallest absolute Gasteiger partial charge is 0.0720 e. The highest BCUT2D eigenvalue weighted by Crippen LogP contribution is 2.70. The number of benzene rings is 1. The molecule has 6 fully saturated rings. The van der Waals surface area contributed by atoms with Crippen molar-refractivity contribution in [3.63, 3.8) is 0 Å². The Kier molecular flexibility index (Phi) is 8.81. The van der Waals surface area contributed by atoms with Gasteiger partial charge in [0, 0.05) is 25.7 Å². The van der Waals surface area contributed by atoms with E-state index in [0.29, 0.717) is 41.1 Å². The van der Waals surface area contributed by atoms with E-state index in [-0.39, 0.29) is 0 Å². The molecule has 240 valence electrons. The Hall–Kier alpha value is -0.940. The normalized spacial score (nSPS) is 46.9. The lowest BCUT2D eigenvalue weighted by molar-refractivity contribution is -0.139. The van der Waals surface area contributed by atoms with Crippen molar-refractivity contribution in [2.24, 2.45) is 52.3 Å². The Bertz CT molecular complexity index is 1080. The number of nitrogens with zero attached hydrogens (tertiary/aromatic N) is 1. The van der Waals surface area contributed by atoms with E-state index in [4.69, 9.17) is 9.47 Å². The number of hydrogen-bond acceptors (Lipinski definition) is 4. The summed E-state index contributed by atoms with van der Waals surface area (Å²) in [6, 6.07) is 11.5. The molecule has 7 rings (SSSR count). The Morgan fingerprint density at radius 1 is 1.02 bits per heavy atom. The van der Waals surface area contributed by atoms with Crippen LogP contribution >= 0.6 is 0 Å². The lowest BCUT2D eigenvalue weighted by Crippen LogP contribution is -2.54. The second kappa shape index (κ2) is 12.3. The van der Waals surface area contributed by atoms with Crippen LogP contribution in [-0.2, 0) is 16.1 Å². The third-order valence-electron chi connectivity index (χ3n) is 14.8. The van der Waals surface area contributed by atoms with Crippen molar-refractivity contribution >= 4 is 0 Å². The van der Waals surface area contributed by atoms with Gasteiger partial charge in [0.05, 0.1) is 24.9 Å². The van der Waals surface area contributed by atoms with Gasteiger partial charge < -0.3 is 19.7 Å². The van der Waals surface area contributed by atoms with Crippen LogP contribution in [0.3, 0.4) is 0 Å². The molecule has 43 heavy (non-hydrogen) atoms. The molecule has 2 aliphatic heterocycles. The topological polar surface area (TPSA) is 33.7 Å². The third kappa shape index (κ3) is 5.68. The van der Waals surface area contributed by atoms with Gasteiger partial charge in [0.25, 0.3) is 0 Å². The van der Waals surface area contributed by atoms with Crippen LogP contribution in [0.15, 0.2) is 30.3 Å². The number of ether oxygens (including phenoxy) is 2. The first-order valence-electron chi connectivity index (χ1n) is 18.5. The molecule has 4 heteroatoms. The molecule has 4 saturated carbocycles. The van der Waals surface area contributed by atoms with E-state index in [9.17, 15) is 0 Å². The monoisotopic (exact) mass is 590 g/mol. The first-order chi connectivity index (χ1) is 20.8. The Balaban J connectivity index is 0.945. The molecule has 4 nitrogen and oxygen atoms in total. The van der Waals surface area contributed by atoms with Gasteiger partial charge in [-0.15, -0.1) is 0 Å². The molecule has 1 aromatic carbocycles. The van der Waals surface area contributed by atoms with Crippen LogP contribution in [0.5, 0.6) is 0 Å². The van der Waals surface area contributed by atoms with E-state index < -0.39 is 0 Å². The lowest BCUT2D eigenvalue weighted by atomic mass is 9.44. The number of fused-ring (bicyclic) bond motifs is 7. The zero-order chi connectivity index (χ0) is 29.8. The molecule has 1 aromatic rings. The van der Waals surface area contributed by atoms with Gasteiger partial charge in [0.15, 0.2) is 0 Å². The fraction of sp³-hybridized carbons (Fsp3) is 0.846. The zero-order valence-electron chi connectivity index (χ0n) is 28.1. The molecule has 0 aromatic heterocycles. The molecule has 1 unspecified atom stereocenters. The van der Waals surface area contributed by atoms with Gasteiger partial charge in [-0.25, -0.2) is 0 Å². The predicted molar refractivity (Wildman–Crippen MR) is 176 cm³/mol. The summed E-state index contributed by atoms with van der Waals surface area (Å²) in [5, 5.41) is 3.61. The predicted octanol–water partition coefficient (Wildman–Crippen LogP) is 7.95. The second-order valence-corrected chi connectivity index (χ2v) is 17.0. The first-order valence-corrected chi connectivity index (χ1v) is 18.5. The van der Waals surface area contributed by atoms with Crippen molar-refractivity contribution in [2.45, 2.75) is 129 Å². The van der Waals surface area contributed by atoms with E-state index >= 15 is 0 Å². The van der Waals surface area contributed by atoms with Gasteiger partial charge in [-0.1, -0.05) is 58.0 Å². The van der Waals surface area contributed by atoms with E-state index in [2.05, 4.69) is 75.3 Å². The molecule has 0 spiro atoms. The summed E-state index contributed by atoms with van der Waals surface area (Å²) < 4.78 is 13.6. The molecular weight excluding hydrogens is 528 g/mol. The second-order valence-electron chi connectivity index (χ2n) is 17.0. The molecule has 6 aliphatic rings. The highest BCUT2D eigenvalue weighted by Gasteiger charge is 2.65. The maximum Gasteiger partial charge on any atom is 0.0720 e. The number of piperazine rings is 1. The van der Waals surface area contributed by atoms with E-state index in [0.717, 1.165) is 55.2 Å². The maximum absolute atomic E-state index is 7.07. The fourth-order valence-corrected chi connectivity index (χ4v) is 12.3. The Morgan fingerprint density at radius 2 is 1.84 bits per heavy atom. The van der Waals surface area contributed by atoms with Gasteiger partial charge in [0.1, 0.15) is 0 Å². The summed E-state index contributed by atoms with van der Waals surface area (Å²) in [7, 11) is 2.31. The minimum atomic E-state index is 0.448. The molecule has 4 aliphatic carbocycles. The van der Waals surface area contributed by atoms with Crippen LogP contribution in [0.4, 0.5) is 0 Å². The lowest BCUT2D eigenvalue weighted by Gasteiger charge is -2.61. The molecule has 1 N–H and O–H groups in total. The summed E-state index contributed by atoms with van der Waals surface area (Å²) in [6.07, 6.45) is 16.4. The number of hydrogen-bond donors (Lipinski definition) is 1. The fourth-order valence-electron chi connectivity index (χ4n) is 12.3. The highest BCUT2D eigenvalue weighted by atomic mass is 16.5. The molecule has 0 bridgehead atoms. The number of nitrogens with one attached hydrogen (secondary N) is 1. The van der Waals surface area contributed by atoms with Crippen LogP contribution in [0.25, 0.3) is 0 Å². The zero-order valence-corrected chi connectivity index (χ0v) is 28.1. The molecule has 2 saturated heterocycles. The van der Waals surface area contributed by atoms with Crippen molar-refractivity contribution in [3.8, 4) is 0 Å². The highest BCUT2D eigenvalue weighted by molar-refractivity contribution is 5.15. The van der Waals surface area contributed by atoms with Crippen LogP contribution in [0.1, 0.15) is 104 Å². The standard InChI is InChI=1S/C39H62N2O2/c1-26(21-30-24-40-19-20-41(30)5)11-14-35-27(2)37-36(43-35)23-34-32-13-12-29-22-31(42-25-28-9-7-6-8-10-28)15-17-38(29,3)33(32)16-18-39(34,37)4/h6-10,26-27,29-37,40H,11-25H2,1-5H3/t26-,27+,29+,30?,31-,32+,33-,34-,35+,36-,37-,38-,39-/m0/s1. The summed E-state index contributed by atoms with van der Waals surface area (Å²) in [5.41, 5.74) is 2.32. The van der Waals surface area contributed by atoms with Crippen molar-refractivity contribution < 1.29 is 9.47 Å². The van der Waals surface area contributed by atoms with Gasteiger partial charge in [-0.05, 0) is 135 Å². The summed E-state index contributed by atoms with van der Waals surface area (Å²) >= 11 is 0. The Morgan fingerprint density at radius 3 is 2.65 bits per heavy atom. The number of rotatable bonds is 8. The van der Waals surface area contributed by atoms with E-state index in [1.165, 1.54) is 82.7 Å². The quantitative estimate of drug-likeness (QED) is 0.333. The summed E-state index contributed by atoms with van der Waals surface area (Å²) in [5.74, 6) is 5.83. The molecule has 2 heterocycles. The van der Waals surface area contributed by atoms with E-state index in [1.54, 1.807) is 0 Å². The van der Waals surface area contributed by atoms with Crippen molar-refractivity contribution in [1.82, 2.24) is 10.2 Å². The van der Waals surface area contributed by atoms with Crippen molar-refractivity contribution in [2.75, 3.05) is 26.7 Å². The van der Waals surface area contributed by atoms with Crippen LogP contribution in [0.2, 0.25) is 0 Å². The van der Waals surface area contributed by atoms with Crippen LogP contribution < -0.4 is 5.32 Å².